The van der Waals surface area contributed by atoms with Gasteiger partial charge in [0.15, 0.2) is 0 Å². The Morgan fingerprint density at radius 3 is 2.75 bits per heavy atom. The Morgan fingerprint density at radius 1 is 1.50 bits per heavy atom. The lowest BCUT2D eigenvalue weighted by molar-refractivity contribution is -0.00570. The van der Waals surface area contributed by atoms with Gasteiger partial charge in [-0.3, -0.25) is 5.84 Å². The first-order chi connectivity index (χ1) is 5.83. The molecule has 4 nitrogen and oxygen atoms in total. The van der Waals surface area contributed by atoms with Gasteiger partial charge < -0.3 is 10.1 Å². The van der Waals surface area contributed by atoms with Crippen molar-refractivity contribution in [2.45, 2.75) is 19.4 Å². The van der Waals surface area contributed by atoms with E-state index >= 15 is 0 Å². The molecule has 0 aromatic heterocycles. The number of nitrogens with two attached hydrogens (primary N) is 1. The van der Waals surface area contributed by atoms with E-state index in [0.29, 0.717) is 6.04 Å². The van der Waals surface area contributed by atoms with Crippen LogP contribution in [0.1, 0.15) is 13.3 Å². The normalized spacial score (nSPS) is 18.2. The highest BCUT2D eigenvalue weighted by Crippen LogP contribution is 1.98. The molecular formula is C8H19N3O. The fourth-order valence-electron chi connectivity index (χ4n) is 1.16. The summed E-state index contributed by atoms with van der Waals surface area (Å²) in [7, 11) is 0. The third kappa shape index (κ3) is 3.49. The van der Waals surface area contributed by atoms with Gasteiger partial charge in [0.25, 0.3) is 0 Å². The summed E-state index contributed by atoms with van der Waals surface area (Å²) in [6, 6.07) is 0.569. The molecule has 0 bridgehead atoms. The van der Waals surface area contributed by atoms with Crippen molar-refractivity contribution >= 4 is 0 Å². The van der Waals surface area contributed by atoms with E-state index < -0.39 is 0 Å². The third-order valence-electron chi connectivity index (χ3n) is 1.98. The van der Waals surface area contributed by atoms with E-state index in [9.17, 15) is 0 Å². The van der Waals surface area contributed by atoms with Gasteiger partial charge >= 0.3 is 0 Å². The molecule has 0 radical (unpaired) electrons. The van der Waals surface area contributed by atoms with E-state index in [1.165, 1.54) is 0 Å². The van der Waals surface area contributed by atoms with Gasteiger partial charge in [0, 0.05) is 19.6 Å². The number of rotatable bonds is 6. The Labute approximate surface area is 74.0 Å². The molecule has 1 aliphatic rings. The van der Waals surface area contributed by atoms with E-state index in [1.807, 2.05) is 5.01 Å². The van der Waals surface area contributed by atoms with Crippen molar-refractivity contribution in [2.24, 2.45) is 5.84 Å². The Bertz CT molecular complexity index is 117. The van der Waals surface area contributed by atoms with Crippen LogP contribution >= 0.6 is 0 Å². The molecule has 0 spiro atoms. The van der Waals surface area contributed by atoms with Crippen LogP contribution < -0.4 is 11.2 Å². The summed E-state index contributed by atoms with van der Waals surface area (Å²) in [4.78, 5) is 0. The Balaban J connectivity index is 1.86. The minimum Gasteiger partial charge on any atom is -0.378 e. The van der Waals surface area contributed by atoms with Crippen molar-refractivity contribution in [3.63, 3.8) is 0 Å². The molecule has 0 aromatic carbocycles. The Morgan fingerprint density at radius 2 is 2.25 bits per heavy atom. The summed E-state index contributed by atoms with van der Waals surface area (Å²) in [5, 5.41) is 5.22. The Hall–Kier alpha value is -0.160. The molecule has 0 unspecified atom stereocenters. The fraction of sp³-hybridized carbons (Fsp3) is 1.00. The van der Waals surface area contributed by atoms with Gasteiger partial charge in [0.05, 0.1) is 19.3 Å². The predicted molar refractivity (Wildman–Crippen MR) is 48.7 cm³/mol. The highest BCUT2D eigenvalue weighted by molar-refractivity contribution is 4.72. The Kier molecular flexibility index (Phi) is 4.53. The molecule has 1 rings (SSSR count). The SMILES string of the molecule is CCCN(N)CCNC1COC1. The average molecular weight is 173 g/mol. The van der Waals surface area contributed by atoms with Gasteiger partial charge in [-0.1, -0.05) is 6.92 Å². The monoisotopic (exact) mass is 173 g/mol. The van der Waals surface area contributed by atoms with Crippen LogP contribution in [-0.2, 0) is 4.74 Å². The minimum atomic E-state index is 0.569. The summed E-state index contributed by atoms with van der Waals surface area (Å²) in [5.74, 6) is 5.69. The maximum atomic E-state index is 5.69. The predicted octanol–water partition coefficient (Wildman–Crippen LogP) is -0.439. The number of nitrogens with one attached hydrogen (secondary N) is 1. The maximum absolute atomic E-state index is 5.69. The smallest absolute Gasteiger partial charge is 0.0643 e. The van der Waals surface area contributed by atoms with Gasteiger partial charge in [0.2, 0.25) is 0 Å². The third-order valence-corrected chi connectivity index (χ3v) is 1.98. The zero-order valence-electron chi connectivity index (χ0n) is 7.75. The largest absolute Gasteiger partial charge is 0.378 e. The standard InChI is InChI=1S/C8H19N3O/c1-2-4-11(9)5-3-10-8-6-12-7-8/h8,10H,2-7,9H2,1H3. The molecule has 1 fully saturated rings. The molecule has 1 heterocycles. The molecule has 0 saturated carbocycles. The van der Waals surface area contributed by atoms with Gasteiger partial charge in [-0.05, 0) is 6.42 Å². The number of hydrogen-bond donors (Lipinski definition) is 2. The summed E-state index contributed by atoms with van der Waals surface area (Å²) in [6.45, 7) is 6.71. The first-order valence-corrected chi connectivity index (χ1v) is 4.63. The topological polar surface area (TPSA) is 50.5 Å². The van der Waals surface area contributed by atoms with Crippen molar-refractivity contribution in [2.75, 3.05) is 32.8 Å². The van der Waals surface area contributed by atoms with Gasteiger partial charge in [0.1, 0.15) is 0 Å². The average Bonchev–Trinajstić information content (AvgIpc) is 1.95. The van der Waals surface area contributed by atoms with Gasteiger partial charge in [-0.25, -0.2) is 5.01 Å². The highest BCUT2D eigenvalue weighted by atomic mass is 16.5. The summed E-state index contributed by atoms with van der Waals surface area (Å²) in [5.41, 5.74) is 0. The molecule has 0 aliphatic carbocycles. The first-order valence-electron chi connectivity index (χ1n) is 4.63. The van der Waals surface area contributed by atoms with Crippen LogP contribution in [0.3, 0.4) is 0 Å². The zero-order chi connectivity index (χ0) is 8.81. The van der Waals surface area contributed by atoms with Crippen LogP contribution in [0.2, 0.25) is 0 Å². The molecule has 4 heteroatoms. The molecule has 3 N–H and O–H groups in total. The van der Waals surface area contributed by atoms with E-state index in [4.69, 9.17) is 10.6 Å². The molecule has 0 aromatic rings. The minimum absolute atomic E-state index is 0.569. The number of nitrogens with zero attached hydrogens (tertiary/aromatic N) is 1. The van der Waals surface area contributed by atoms with Crippen LogP contribution in [0, 0.1) is 0 Å². The number of ether oxygens (including phenoxy) is 1. The molecular weight excluding hydrogens is 154 g/mol. The van der Waals surface area contributed by atoms with Gasteiger partial charge in [-0.15, -0.1) is 0 Å². The van der Waals surface area contributed by atoms with Crippen LogP contribution in [0.25, 0.3) is 0 Å². The molecule has 72 valence electrons. The first kappa shape index (κ1) is 9.92. The van der Waals surface area contributed by atoms with E-state index in [-0.39, 0.29) is 0 Å². The fourth-order valence-corrected chi connectivity index (χ4v) is 1.16. The summed E-state index contributed by atoms with van der Waals surface area (Å²) in [6.07, 6.45) is 1.11. The van der Waals surface area contributed by atoms with Crippen LogP contribution in [0.15, 0.2) is 0 Å². The number of hydrazine groups is 1. The quantitative estimate of drug-likeness (QED) is 0.422. The van der Waals surface area contributed by atoms with Crippen molar-refractivity contribution in [1.82, 2.24) is 10.3 Å². The van der Waals surface area contributed by atoms with Crippen LogP contribution in [0.4, 0.5) is 0 Å². The summed E-state index contributed by atoms with van der Waals surface area (Å²) >= 11 is 0. The maximum Gasteiger partial charge on any atom is 0.0643 e. The second-order valence-electron chi connectivity index (χ2n) is 3.22. The zero-order valence-corrected chi connectivity index (χ0v) is 7.75. The van der Waals surface area contributed by atoms with E-state index in [0.717, 1.165) is 39.3 Å². The lowest BCUT2D eigenvalue weighted by atomic mass is 10.2. The molecule has 0 atom stereocenters. The van der Waals surface area contributed by atoms with Crippen molar-refractivity contribution < 1.29 is 4.74 Å². The van der Waals surface area contributed by atoms with E-state index in [1.54, 1.807) is 0 Å². The second kappa shape index (κ2) is 5.48. The number of hydrogen-bond acceptors (Lipinski definition) is 4. The van der Waals surface area contributed by atoms with Crippen molar-refractivity contribution in [3.8, 4) is 0 Å². The molecule has 1 saturated heterocycles. The lowest BCUT2D eigenvalue weighted by Crippen LogP contribution is -2.49. The van der Waals surface area contributed by atoms with Gasteiger partial charge in [-0.2, -0.15) is 0 Å². The molecule has 0 amide bonds. The second-order valence-corrected chi connectivity index (χ2v) is 3.22. The summed E-state index contributed by atoms with van der Waals surface area (Å²) < 4.78 is 5.03. The molecule has 12 heavy (non-hydrogen) atoms. The highest BCUT2D eigenvalue weighted by Gasteiger charge is 2.16. The van der Waals surface area contributed by atoms with Crippen LogP contribution in [-0.4, -0.2) is 43.9 Å². The lowest BCUT2D eigenvalue weighted by Gasteiger charge is -2.27. The molecule has 1 aliphatic heterocycles. The van der Waals surface area contributed by atoms with E-state index in [2.05, 4.69) is 12.2 Å². The van der Waals surface area contributed by atoms with Crippen molar-refractivity contribution in [3.05, 3.63) is 0 Å². The van der Waals surface area contributed by atoms with Crippen LogP contribution in [0.5, 0.6) is 0 Å². The van der Waals surface area contributed by atoms with Crippen molar-refractivity contribution in [1.29, 1.82) is 0 Å².